The van der Waals surface area contributed by atoms with Gasteiger partial charge in [0.05, 0.1) is 6.04 Å². The van der Waals surface area contributed by atoms with Gasteiger partial charge in [0, 0.05) is 23.9 Å². The molecule has 0 aromatic heterocycles. The summed E-state index contributed by atoms with van der Waals surface area (Å²) in [4.78, 5) is 15.2. The van der Waals surface area contributed by atoms with Crippen molar-refractivity contribution in [2.24, 2.45) is 5.92 Å². The van der Waals surface area contributed by atoms with Crippen LogP contribution in [-0.4, -0.2) is 17.5 Å². The van der Waals surface area contributed by atoms with Gasteiger partial charge in [-0.1, -0.05) is 70.5 Å². The molecule has 0 bridgehead atoms. The summed E-state index contributed by atoms with van der Waals surface area (Å²) >= 11 is 3.51. The molecule has 2 fully saturated rings. The number of amides is 1. The monoisotopic (exact) mass is 439 g/mol. The fraction of sp³-hybridized carbons (Fsp3) is 0.375. The lowest BCUT2D eigenvalue weighted by Gasteiger charge is -2.44. The van der Waals surface area contributed by atoms with Crippen molar-refractivity contribution in [3.05, 3.63) is 82.3 Å². The Hall–Kier alpha value is -2.07. The molecule has 0 spiro atoms. The van der Waals surface area contributed by atoms with E-state index in [2.05, 4.69) is 58.9 Å². The summed E-state index contributed by atoms with van der Waals surface area (Å²) in [5, 5.41) is 0. The lowest BCUT2D eigenvalue weighted by Crippen LogP contribution is -2.49. The SMILES string of the molecule is C=C(C)CC1(c2ccccc2)CCN([C@H](c2ccc(Br)cc2)C2CC2)C(=O)O1. The minimum absolute atomic E-state index is 0.0965. The Balaban J connectivity index is 1.62. The highest BCUT2D eigenvalue weighted by atomic mass is 79.9. The third-order valence-electron chi connectivity index (χ3n) is 5.78. The van der Waals surface area contributed by atoms with Crippen molar-refractivity contribution in [1.29, 1.82) is 0 Å². The van der Waals surface area contributed by atoms with Gasteiger partial charge in [0.25, 0.3) is 0 Å². The van der Waals surface area contributed by atoms with Gasteiger partial charge < -0.3 is 9.64 Å². The van der Waals surface area contributed by atoms with Crippen LogP contribution in [0.25, 0.3) is 0 Å². The van der Waals surface area contributed by atoms with Crippen LogP contribution in [0, 0.1) is 5.92 Å². The topological polar surface area (TPSA) is 29.5 Å². The number of hydrogen-bond acceptors (Lipinski definition) is 2. The Kier molecular flexibility index (Phi) is 5.33. The molecule has 4 heteroatoms. The van der Waals surface area contributed by atoms with Crippen molar-refractivity contribution in [1.82, 2.24) is 4.90 Å². The Morgan fingerprint density at radius 1 is 1.21 bits per heavy atom. The molecular weight excluding hydrogens is 414 g/mol. The van der Waals surface area contributed by atoms with Gasteiger partial charge in [0.2, 0.25) is 0 Å². The molecule has 2 aromatic carbocycles. The third-order valence-corrected chi connectivity index (χ3v) is 6.31. The summed E-state index contributed by atoms with van der Waals surface area (Å²) < 4.78 is 7.26. The molecule has 0 N–H and O–H groups in total. The first-order valence-electron chi connectivity index (χ1n) is 9.93. The van der Waals surface area contributed by atoms with Gasteiger partial charge in [-0.15, -0.1) is 0 Å². The molecule has 0 radical (unpaired) electrons. The van der Waals surface area contributed by atoms with Crippen LogP contribution in [0.3, 0.4) is 0 Å². The van der Waals surface area contributed by atoms with Crippen molar-refractivity contribution in [2.75, 3.05) is 6.54 Å². The molecule has 2 aliphatic rings. The van der Waals surface area contributed by atoms with Gasteiger partial charge in [0.1, 0.15) is 5.60 Å². The predicted molar refractivity (Wildman–Crippen MR) is 115 cm³/mol. The molecule has 1 aliphatic heterocycles. The fourth-order valence-electron chi connectivity index (χ4n) is 4.36. The maximum absolute atomic E-state index is 13.2. The zero-order valence-electron chi connectivity index (χ0n) is 16.2. The first-order chi connectivity index (χ1) is 13.5. The minimum atomic E-state index is -0.617. The van der Waals surface area contributed by atoms with E-state index in [-0.39, 0.29) is 12.1 Å². The van der Waals surface area contributed by atoms with Crippen LogP contribution >= 0.6 is 15.9 Å². The number of halogens is 1. The highest BCUT2D eigenvalue weighted by Crippen LogP contribution is 2.48. The van der Waals surface area contributed by atoms with E-state index in [0.29, 0.717) is 18.9 Å². The first-order valence-corrected chi connectivity index (χ1v) is 10.7. The minimum Gasteiger partial charge on any atom is -0.437 e. The van der Waals surface area contributed by atoms with Crippen molar-refractivity contribution in [2.45, 2.75) is 44.2 Å². The van der Waals surface area contributed by atoms with E-state index in [1.54, 1.807) is 0 Å². The zero-order chi connectivity index (χ0) is 19.7. The Labute approximate surface area is 175 Å². The first kappa shape index (κ1) is 19.3. The largest absolute Gasteiger partial charge is 0.437 e. The van der Waals surface area contributed by atoms with Crippen molar-refractivity contribution in [3.8, 4) is 0 Å². The molecule has 1 aliphatic carbocycles. The second-order valence-electron chi connectivity index (χ2n) is 8.14. The van der Waals surface area contributed by atoms with Crippen LogP contribution in [0.15, 0.2) is 71.2 Å². The standard InChI is InChI=1S/C24H26BrNO2/c1-17(2)16-24(20-6-4-3-5-7-20)14-15-26(23(27)28-24)22(18-8-9-18)19-10-12-21(25)13-11-19/h3-7,10-13,18,22H,1,8-9,14-16H2,2H3/t22-,24?/m0/s1. The molecule has 28 heavy (non-hydrogen) atoms. The Bertz CT molecular complexity index is 860. The number of benzene rings is 2. The molecule has 1 saturated heterocycles. The van der Waals surface area contributed by atoms with E-state index in [1.165, 1.54) is 18.4 Å². The van der Waals surface area contributed by atoms with E-state index < -0.39 is 5.60 Å². The molecule has 2 aromatic rings. The molecule has 1 saturated carbocycles. The number of rotatable bonds is 6. The van der Waals surface area contributed by atoms with Crippen LogP contribution in [0.2, 0.25) is 0 Å². The van der Waals surface area contributed by atoms with Crippen LogP contribution in [0.5, 0.6) is 0 Å². The van der Waals surface area contributed by atoms with Gasteiger partial charge in [-0.05, 0) is 48.9 Å². The highest BCUT2D eigenvalue weighted by molar-refractivity contribution is 9.10. The summed E-state index contributed by atoms with van der Waals surface area (Å²) in [6.45, 7) is 6.78. The maximum Gasteiger partial charge on any atom is 0.411 e. The third kappa shape index (κ3) is 3.88. The van der Waals surface area contributed by atoms with Crippen LogP contribution in [0.1, 0.15) is 49.8 Å². The second-order valence-corrected chi connectivity index (χ2v) is 9.06. The van der Waals surface area contributed by atoms with E-state index >= 15 is 0 Å². The molecule has 1 amide bonds. The van der Waals surface area contributed by atoms with Crippen molar-refractivity contribution < 1.29 is 9.53 Å². The Morgan fingerprint density at radius 3 is 2.46 bits per heavy atom. The number of hydrogen-bond donors (Lipinski definition) is 0. The number of carbonyl (C=O) groups is 1. The highest BCUT2D eigenvalue weighted by Gasteiger charge is 2.47. The average molecular weight is 440 g/mol. The van der Waals surface area contributed by atoms with Gasteiger partial charge in [0.15, 0.2) is 0 Å². The van der Waals surface area contributed by atoms with Gasteiger partial charge in [-0.2, -0.15) is 0 Å². The summed E-state index contributed by atoms with van der Waals surface area (Å²) in [6.07, 6.45) is 3.55. The molecule has 3 nitrogen and oxygen atoms in total. The van der Waals surface area contributed by atoms with Crippen molar-refractivity contribution >= 4 is 22.0 Å². The van der Waals surface area contributed by atoms with Gasteiger partial charge >= 0.3 is 6.09 Å². The summed E-state index contributed by atoms with van der Waals surface area (Å²) in [7, 11) is 0. The van der Waals surface area contributed by atoms with Crippen LogP contribution in [0.4, 0.5) is 4.79 Å². The number of ether oxygens (including phenoxy) is 1. The lowest BCUT2D eigenvalue weighted by molar-refractivity contribution is -0.0637. The molecule has 146 valence electrons. The quantitative estimate of drug-likeness (QED) is 0.474. The normalized spacial score (nSPS) is 23.2. The lowest BCUT2D eigenvalue weighted by atomic mass is 9.83. The Morgan fingerprint density at radius 2 is 1.89 bits per heavy atom. The molecule has 1 heterocycles. The van der Waals surface area contributed by atoms with Gasteiger partial charge in [-0.3, -0.25) is 0 Å². The molecule has 4 rings (SSSR count). The smallest absolute Gasteiger partial charge is 0.411 e. The van der Waals surface area contributed by atoms with E-state index in [1.807, 2.05) is 30.0 Å². The average Bonchev–Trinajstić information content (AvgIpc) is 3.50. The molecule has 1 unspecified atom stereocenters. The van der Waals surface area contributed by atoms with E-state index in [9.17, 15) is 4.79 Å². The molecular formula is C24H26BrNO2. The summed E-state index contributed by atoms with van der Waals surface area (Å²) in [5.74, 6) is 0.527. The van der Waals surface area contributed by atoms with Crippen molar-refractivity contribution in [3.63, 3.8) is 0 Å². The van der Waals surface area contributed by atoms with E-state index in [4.69, 9.17) is 4.74 Å². The summed E-state index contributed by atoms with van der Waals surface area (Å²) in [6, 6.07) is 18.5. The maximum atomic E-state index is 13.2. The summed E-state index contributed by atoms with van der Waals surface area (Å²) in [5.41, 5.74) is 2.65. The number of carbonyl (C=O) groups excluding carboxylic acids is 1. The second kappa shape index (κ2) is 7.75. The molecule has 2 atom stereocenters. The number of nitrogens with zero attached hydrogens (tertiary/aromatic N) is 1. The van der Waals surface area contributed by atoms with Gasteiger partial charge in [-0.25, -0.2) is 4.79 Å². The fourth-order valence-corrected chi connectivity index (χ4v) is 4.62. The zero-order valence-corrected chi connectivity index (χ0v) is 17.8. The predicted octanol–water partition coefficient (Wildman–Crippen LogP) is 6.60. The number of cyclic esters (lactones) is 1. The van der Waals surface area contributed by atoms with Crippen LogP contribution in [-0.2, 0) is 10.3 Å². The van der Waals surface area contributed by atoms with E-state index in [0.717, 1.165) is 22.0 Å². The van der Waals surface area contributed by atoms with Crippen LogP contribution < -0.4 is 0 Å².